The quantitative estimate of drug-likeness (QED) is 0.711. The fourth-order valence-electron chi connectivity index (χ4n) is 0.619. The molecule has 0 aliphatic heterocycles. The second-order valence-electron chi connectivity index (χ2n) is 3.64. The maximum Gasteiger partial charge on any atom is 0.0417 e. The van der Waals surface area contributed by atoms with Crippen LogP contribution in [-0.2, 0) is 0 Å². The lowest BCUT2D eigenvalue weighted by Gasteiger charge is -2.18. The van der Waals surface area contributed by atoms with Gasteiger partial charge in [0.1, 0.15) is 0 Å². The van der Waals surface area contributed by atoms with E-state index >= 15 is 0 Å². The van der Waals surface area contributed by atoms with Crippen LogP contribution < -0.4 is 4.72 Å². The molecule has 1 aromatic rings. The van der Waals surface area contributed by atoms with Gasteiger partial charge in [0.05, 0.1) is 0 Å². The third kappa shape index (κ3) is 3.74. The van der Waals surface area contributed by atoms with Crippen LogP contribution in [0.25, 0.3) is 0 Å². The molecule has 0 radical (unpaired) electrons. The Morgan fingerprint density at radius 1 is 1.42 bits per heavy atom. The summed E-state index contributed by atoms with van der Waals surface area (Å²) in [6.07, 6.45) is 3.63. The van der Waals surface area contributed by atoms with Crippen LogP contribution >= 0.6 is 11.9 Å². The van der Waals surface area contributed by atoms with Crippen LogP contribution in [0.4, 0.5) is 0 Å². The Kier molecular flexibility index (Phi) is 3.12. The van der Waals surface area contributed by atoms with E-state index in [1.54, 1.807) is 18.1 Å². The van der Waals surface area contributed by atoms with Crippen molar-refractivity contribution in [2.45, 2.75) is 31.2 Å². The summed E-state index contributed by atoms with van der Waals surface area (Å²) in [6, 6.07) is 3.98. The number of pyridine rings is 1. The molecule has 66 valence electrons. The van der Waals surface area contributed by atoms with E-state index in [0.717, 1.165) is 4.90 Å². The zero-order valence-corrected chi connectivity index (χ0v) is 8.48. The van der Waals surface area contributed by atoms with Crippen LogP contribution in [0, 0.1) is 0 Å². The van der Waals surface area contributed by atoms with Crippen LogP contribution in [0.15, 0.2) is 29.4 Å². The van der Waals surface area contributed by atoms with Gasteiger partial charge < -0.3 is 0 Å². The van der Waals surface area contributed by atoms with Crippen LogP contribution in [0.1, 0.15) is 20.8 Å². The second kappa shape index (κ2) is 3.92. The van der Waals surface area contributed by atoms with Crippen molar-refractivity contribution in [3.63, 3.8) is 0 Å². The number of nitrogens with one attached hydrogen (secondary N) is 1. The molecule has 0 saturated heterocycles. The standard InChI is InChI=1S/C9H14N2S/c1-9(2,3)11-12-8-5-4-6-10-7-8/h4-7,11H,1-3H3. The minimum absolute atomic E-state index is 0.139. The molecular weight excluding hydrogens is 168 g/mol. The molecule has 0 spiro atoms. The molecule has 0 unspecified atom stereocenters. The zero-order chi connectivity index (χ0) is 9.03. The third-order valence-corrected chi connectivity index (χ3v) is 2.30. The van der Waals surface area contributed by atoms with Crippen molar-refractivity contribution in [1.82, 2.24) is 9.71 Å². The maximum atomic E-state index is 4.02. The van der Waals surface area contributed by atoms with Crippen LogP contribution in [0.5, 0.6) is 0 Å². The fourth-order valence-corrected chi connectivity index (χ4v) is 1.30. The molecule has 0 bridgehead atoms. The van der Waals surface area contributed by atoms with Gasteiger partial charge in [-0.05, 0) is 44.9 Å². The number of nitrogens with zero attached hydrogens (tertiary/aromatic N) is 1. The first-order chi connectivity index (χ1) is 5.58. The summed E-state index contributed by atoms with van der Waals surface area (Å²) in [7, 11) is 0. The summed E-state index contributed by atoms with van der Waals surface area (Å²) in [4.78, 5) is 5.17. The number of hydrogen-bond donors (Lipinski definition) is 1. The van der Waals surface area contributed by atoms with E-state index in [2.05, 4.69) is 30.5 Å². The first-order valence-corrected chi connectivity index (χ1v) is 4.74. The molecule has 1 rings (SSSR count). The van der Waals surface area contributed by atoms with E-state index < -0.39 is 0 Å². The van der Waals surface area contributed by atoms with Gasteiger partial charge in [-0.15, -0.1) is 0 Å². The van der Waals surface area contributed by atoms with Crippen molar-refractivity contribution in [3.05, 3.63) is 24.5 Å². The lowest BCUT2D eigenvalue weighted by Crippen LogP contribution is -2.29. The normalized spacial score (nSPS) is 11.6. The molecule has 0 aliphatic rings. The number of rotatable bonds is 2. The van der Waals surface area contributed by atoms with Crippen molar-refractivity contribution in [3.8, 4) is 0 Å². The van der Waals surface area contributed by atoms with Crippen LogP contribution in [0.2, 0.25) is 0 Å². The first kappa shape index (κ1) is 9.55. The van der Waals surface area contributed by atoms with Crippen LogP contribution in [0.3, 0.4) is 0 Å². The molecule has 0 aromatic carbocycles. The Balaban J connectivity index is 2.44. The molecule has 1 N–H and O–H groups in total. The summed E-state index contributed by atoms with van der Waals surface area (Å²) in [5, 5.41) is 0. The van der Waals surface area contributed by atoms with Gasteiger partial charge in [0.2, 0.25) is 0 Å². The molecule has 12 heavy (non-hydrogen) atoms. The molecular formula is C9H14N2S. The van der Waals surface area contributed by atoms with Crippen molar-refractivity contribution in [2.24, 2.45) is 0 Å². The molecule has 0 fully saturated rings. The topological polar surface area (TPSA) is 24.9 Å². The predicted octanol–water partition coefficient (Wildman–Crippen LogP) is 2.48. The van der Waals surface area contributed by atoms with Gasteiger partial charge in [-0.25, -0.2) is 0 Å². The van der Waals surface area contributed by atoms with E-state index in [9.17, 15) is 0 Å². The van der Waals surface area contributed by atoms with Crippen molar-refractivity contribution < 1.29 is 0 Å². The molecule has 0 saturated carbocycles. The van der Waals surface area contributed by atoms with Gasteiger partial charge in [-0.3, -0.25) is 9.71 Å². The summed E-state index contributed by atoms with van der Waals surface area (Å²) in [5.74, 6) is 0. The predicted molar refractivity (Wildman–Crippen MR) is 53.0 cm³/mol. The SMILES string of the molecule is CC(C)(C)NSc1cccnc1. The molecule has 1 aromatic heterocycles. The summed E-state index contributed by atoms with van der Waals surface area (Å²) < 4.78 is 3.31. The van der Waals surface area contributed by atoms with E-state index in [1.165, 1.54) is 0 Å². The number of aromatic nitrogens is 1. The Bertz CT molecular complexity index is 228. The van der Waals surface area contributed by atoms with E-state index in [-0.39, 0.29) is 5.54 Å². The largest absolute Gasteiger partial charge is 0.264 e. The van der Waals surface area contributed by atoms with Crippen LogP contribution in [-0.4, -0.2) is 10.5 Å². The minimum atomic E-state index is 0.139. The van der Waals surface area contributed by atoms with Crippen molar-refractivity contribution in [2.75, 3.05) is 0 Å². The first-order valence-electron chi connectivity index (χ1n) is 3.92. The lowest BCUT2D eigenvalue weighted by molar-refractivity contribution is 0.535. The highest BCUT2D eigenvalue weighted by Crippen LogP contribution is 2.15. The van der Waals surface area contributed by atoms with E-state index in [4.69, 9.17) is 0 Å². The van der Waals surface area contributed by atoms with Crippen molar-refractivity contribution in [1.29, 1.82) is 0 Å². The summed E-state index contributed by atoms with van der Waals surface area (Å²) >= 11 is 1.61. The maximum absolute atomic E-state index is 4.02. The van der Waals surface area contributed by atoms with Gasteiger partial charge >= 0.3 is 0 Å². The van der Waals surface area contributed by atoms with Gasteiger partial charge in [0.15, 0.2) is 0 Å². The number of hydrogen-bond acceptors (Lipinski definition) is 3. The van der Waals surface area contributed by atoms with Gasteiger partial charge in [-0.2, -0.15) is 0 Å². The highest BCUT2D eigenvalue weighted by Gasteiger charge is 2.08. The average molecular weight is 182 g/mol. The highest BCUT2D eigenvalue weighted by atomic mass is 32.2. The smallest absolute Gasteiger partial charge is 0.0417 e. The molecule has 2 nitrogen and oxygen atoms in total. The molecule has 1 heterocycles. The molecule has 0 aliphatic carbocycles. The Morgan fingerprint density at radius 3 is 2.67 bits per heavy atom. The van der Waals surface area contributed by atoms with Gasteiger partial charge in [0, 0.05) is 22.8 Å². The summed E-state index contributed by atoms with van der Waals surface area (Å²) in [5.41, 5.74) is 0.139. The third-order valence-electron chi connectivity index (χ3n) is 1.11. The van der Waals surface area contributed by atoms with Crippen molar-refractivity contribution >= 4 is 11.9 Å². The molecule has 0 amide bonds. The highest BCUT2D eigenvalue weighted by molar-refractivity contribution is 7.97. The Morgan fingerprint density at radius 2 is 2.17 bits per heavy atom. The second-order valence-corrected chi connectivity index (χ2v) is 4.52. The lowest BCUT2D eigenvalue weighted by atomic mass is 10.1. The Labute approximate surface area is 77.9 Å². The summed E-state index contributed by atoms with van der Waals surface area (Å²) in [6.45, 7) is 6.41. The average Bonchev–Trinajstić information content (AvgIpc) is 2.02. The Hall–Kier alpha value is -0.540. The van der Waals surface area contributed by atoms with Gasteiger partial charge in [-0.1, -0.05) is 0 Å². The van der Waals surface area contributed by atoms with Gasteiger partial charge in [0.25, 0.3) is 0 Å². The van der Waals surface area contributed by atoms with E-state index in [1.807, 2.05) is 18.3 Å². The molecule has 0 atom stereocenters. The monoisotopic (exact) mass is 182 g/mol. The zero-order valence-electron chi connectivity index (χ0n) is 7.66. The fraction of sp³-hybridized carbons (Fsp3) is 0.444. The molecule has 3 heteroatoms. The van der Waals surface area contributed by atoms with E-state index in [0.29, 0.717) is 0 Å². The minimum Gasteiger partial charge on any atom is -0.264 e.